The minimum atomic E-state index is 0.795. The maximum absolute atomic E-state index is 5.47. The van der Waals surface area contributed by atoms with E-state index in [1.54, 1.807) is 0 Å². The summed E-state index contributed by atoms with van der Waals surface area (Å²) in [6.45, 7) is 1.99. The minimum Gasteiger partial charge on any atom is -0.194 e. The predicted molar refractivity (Wildman–Crippen MR) is 45.4 cm³/mol. The Balaban J connectivity index is 2.96. The van der Waals surface area contributed by atoms with Crippen LogP contribution in [-0.2, 0) is 0 Å². The summed E-state index contributed by atoms with van der Waals surface area (Å²) in [7, 11) is 0. The molecule has 0 aliphatic carbocycles. The minimum absolute atomic E-state index is 0.795. The third-order valence-corrected chi connectivity index (χ3v) is 1.59. The molecule has 0 aliphatic rings. The highest BCUT2D eigenvalue weighted by Crippen LogP contribution is 2.19. The molecule has 0 unspecified atom stereocenters. The Kier molecular flexibility index (Phi) is 2.41. The number of rotatable bonds is 1. The summed E-state index contributed by atoms with van der Waals surface area (Å²) >= 11 is 10.9. The van der Waals surface area contributed by atoms with Gasteiger partial charge in [0, 0.05) is 23.6 Å². The van der Waals surface area contributed by atoms with Crippen LogP contribution in [0.1, 0.15) is 5.56 Å². The zero-order valence-corrected chi connectivity index (χ0v) is 7.02. The standard InChI is InChI=1S/C7H7Cl2N/c1-6-3-2-4-7(5-6)10(8)9/h2-5H,1H3. The molecule has 0 N–H and O–H groups in total. The zero-order chi connectivity index (χ0) is 7.56. The van der Waals surface area contributed by atoms with Crippen molar-refractivity contribution in [2.45, 2.75) is 6.92 Å². The maximum atomic E-state index is 5.47. The number of halogens is 2. The van der Waals surface area contributed by atoms with E-state index in [-0.39, 0.29) is 0 Å². The summed E-state index contributed by atoms with van der Waals surface area (Å²) in [5.74, 6) is 0. The predicted octanol–water partition coefficient (Wildman–Crippen LogP) is 3.11. The molecule has 1 aromatic carbocycles. The second-order valence-electron chi connectivity index (χ2n) is 2.07. The van der Waals surface area contributed by atoms with Crippen LogP contribution in [0.15, 0.2) is 24.3 Å². The van der Waals surface area contributed by atoms with Gasteiger partial charge in [-0.1, -0.05) is 12.1 Å². The lowest BCUT2D eigenvalue weighted by atomic mass is 10.2. The van der Waals surface area contributed by atoms with Crippen LogP contribution in [0, 0.1) is 6.92 Å². The van der Waals surface area contributed by atoms with E-state index in [0.29, 0.717) is 0 Å². The molecule has 0 saturated heterocycles. The zero-order valence-electron chi connectivity index (χ0n) is 5.51. The van der Waals surface area contributed by atoms with Gasteiger partial charge in [-0.15, -0.1) is 0 Å². The van der Waals surface area contributed by atoms with Gasteiger partial charge >= 0.3 is 0 Å². The number of anilines is 1. The average Bonchev–Trinajstić information content (AvgIpc) is 1.88. The SMILES string of the molecule is Cc1cccc(N(Cl)Cl)c1. The molecule has 0 fully saturated rings. The second kappa shape index (κ2) is 3.13. The second-order valence-corrected chi connectivity index (χ2v) is 2.92. The van der Waals surface area contributed by atoms with Gasteiger partial charge in [0.15, 0.2) is 0 Å². The largest absolute Gasteiger partial charge is 0.194 e. The van der Waals surface area contributed by atoms with Crippen LogP contribution >= 0.6 is 23.6 Å². The molecule has 1 nitrogen and oxygen atoms in total. The highest BCUT2D eigenvalue weighted by atomic mass is 35.5. The fourth-order valence-electron chi connectivity index (χ4n) is 0.733. The molecule has 1 aromatic rings. The molecule has 0 saturated carbocycles. The van der Waals surface area contributed by atoms with Gasteiger partial charge in [-0.25, -0.2) is 0 Å². The number of hydrogen-bond donors (Lipinski definition) is 0. The van der Waals surface area contributed by atoms with E-state index in [2.05, 4.69) is 0 Å². The third kappa shape index (κ3) is 1.79. The van der Waals surface area contributed by atoms with Crippen molar-refractivity contribution in [3.8, 4) is 0 Å². The number of hydrogen-bond acceptors (Lipinski definition) is 1. The summed E-state index contributed by atoms with van der Waals surface area (Å²) in [5.41, 5.74) is 1.94. The van der Waals surface area contributed by atoms with Gasteiger partial charge in [-0.3, -0.25) is 0 Å². The molecular weight excluding hydrogens is 169 g/mol. The van der Waals surface area contributed by atoms with Gasteiger partial charge in [0.25, 0.3) is 0 Å². The van der Waals surface area contributed by atoms with E-state index >= 15 is 0 Å². The molecule has 3 heteroatoms. The van der Waals surface area contributed by atoms with E-state index in [1.165, 1.54) is 0 Å². The first-order chi connectivity index (χ1) is 4.70. The van der Waals surface area contributed by atoms with Crippen LogP contribution in [0.4, 0.5) is 5.69 Å². The highest BCUT2D eigenvalue weighted by Gasteiger charge is 1.96. The number of benzene rings is 1. The van der Waals surface area contributed by atoms with Crippen molar-refractivity contribution in [1.82, 2.24) is 0 Å². The van der Waals surface area contributed by atoms with E-state index in [4.69, 9.17) is 23.6 Å². The van der Waals surface area contributed by atoms with Crippen molar-refractivity contribution in [3.05, 3.63) is 29.8 Å². The lowest BCUT2D eigenvalue weighted by molar-refractivity contribution is 1.45. The van der Waals surface area contributed by atoms with Gasteiger partial charge in [0.2, 0.25) is 0 Å². The molecule has 0 atom stereocenters. The molecular formula is C7H7Cl2N. The highest BCUT2D eigenvalue weighted by molar-refractivity contribution is 6.49. The molecule has 0 spiro atoms. The fourth-order valence-corrected chi connectivity index (χ4v) is 0.943. The Labute approximate surface area is 70.4 Å². The average molecular weight is 176 g/mol. The van der Waals surface area contributed by atoms with Crippen LogP contribution in [0.3, 0.4) is 0 Å². The summed E-state index contributed by atoms with van der Waals surface area (Å²) in [6.07, 6.45) is 0. The van der Waals surface area contributed by atoms with Crippen molar-refractivity contribution in [2.24, 2.45) is 0 Å². The van der Waals surface area contributed by atoms with Gasteiger partial charge < -0.3 is 0 Å². The first kappa shape index (κ1) is 7.70. The topological polar surface area (TPSA) is 3.24 Å². The Bertz CT molecular complexity index is 223. The lowest BCUT2D eigenvalue weighted by Crippen LogP contribution is -1.90. The summed E-state index contributed by atoms with van der Waals surface area (Å²) < 4.78 is 1.05. The first-order valence-corrected chi connectivity index (χ1v) is 3.56. The van der Waals surface area contributed by atoms with Crippen molar-refractivity contribution < 1.29 is 0 Å². The van der Waals surface area contributed by atoms with Crippen LogP contribution in [0.5, 0.6) is 0 Å². The molecule has 0 radical (unpaired) electrons. The van der Waals surface area contributed by atoms with Gasteiger partial charge in [-0.2, -0.15) is 3.94 Å². The molecule has 0 bridgehead atoms. The monoisotopic (exact) mass is 175 g/mol. The van der Waals surface area contributed by atoms with E-state index in [9.17, 15) is 0 Å². The van der Waals surface area contributed by atoms with Crippen molar-refractivity contribution in [3.63, 3.8) is 0 Å². The summed E-state index contributed by atoms with van der Waals surface area (Å²) in [4.78, 5) is 0. The molecule has 10 heavy (non-hydrogen) atoms. The Morgan fingerprint density at radius 2 is 2.00 bits per heavy atom. The van der Waals surface area contributed by atoms with Crippen LogP contribution < -0.4 is 3.94 Å². The normalized spacial score (nSPS) is 9.50. The van der Waals surface area contributed by atoms with E-state index < -0.39 is 0 Å². The van der Waals surface area contributed by atoms with Crippen molar-refractivity contribution in [2.75, 3.05) is 3.94 Å². The van der Waals surface area contributed by atoms with Crippen molar-refractivity contribution >= 4 is 29.2 Å². The molecule has 0 aliphatic heterocycles. The van der Waals surface area contributed by atoms with Gasteiger partial charge in [-0.05, 0) is 24.6 Å². The van der Waals surface area contributed by atoms with Gasteiger partial charge in [0.05, 0.1) is 5.69 Å². The Hall–Kier alpha value is -0.400. The number of aryl methyl sites for hydroxylation is 1. The Morgan fingerprint density at radius 3 is 2.40 bits per heavy atom. The summed E-state index contributed by atoms with van der Waals surface area (Å²) in [6, 6.07) is 7.64. The lowest BCUT2D eigenvalue weighted by Gasteiger charge is -2.04. The molecule has 1 rings (SSSR count). The van der Waals surface area contributed by atoms with Crippen LogP contribution in [0.2, 0.25) is 0 Å². The molecule has 0 amide bonds. The fraction of sp³-hybridized carbons (Fsp3) is 0.143. The van der Waals surface area contributed by atoms with Crippen LogP contribution in [-0.4, -0.2) is 0 Å². The number of nitrogens with zero attached hydrogens (tertiary/aromatic N) is 1. The van der Waals surface area contributed by atoms with Gasteiger partial charge in [0.1, 0.15) is 0 Å². The molecule has 0 aromatic heterocycles. The molecule has 0 heterocycles. The van der Waals surface area contributed by atoms with E-state index in [1.807, 2.05) is 31.2 Å². The van der Waals surface area contributed by atoms with Crippen LogP contribution in [0.25, 0.3) is 0 Å². The smallest absolute Gasteiger partial charge is 0.0712 e. The molecule has 54 valence electrons. The quantitative estimate of drug-likeness (QED) is 0.594. The first-order valence-electron chi connectivity index (χ1n) is 2.88. The van der Waals surface area contributed by atoms with E-state index in [0.717, 1.165) is 15.2 Å². The van der Waals surface area contributed by atoms with Crippen molar-refractivity contribution in [1.29, 1.82) is 0 Å². The Morgan fingerprint density at radius 1 is 1.30 bits per heavy atom. The third-order valence-electron chi connectivity index (χ3n) is 1.20. The summed E-state index contributed by atoms with van der Waals surface area (Å²) in [5, 5.41) is 0. The maximum Gasteiger partial charge on any atom is 0.0712 e.